The van der Waals surface area contributed by atoms with Crippen molar-refractivity contribution in [1.82, 2.24) is 0 Å². The molecule has 0 aliphatic rings. The standard InChI is InChI=1S/C13H19NO3/c1-9(8-12(14)10(2)13(15)16)17-11-6-4-3-5-7-11/h3-7,9-10,12H,8,14H2,1-2H3,(H,15,16). The Balaban J connectivity index is 2.44. The lowest BCUT2D eigenvalue weighted by Gasteiger charge is -2.21. The number of rotatable bonds is 6. The van der Waals surface area contributed by atoms with Crippen LogP contribution in [0, 0.1) is 5.92 Å². The van der Waals surface area contributed by atoms with E-state index < -0.39 is 17.9 Å². The summed E-state index contributed by atoms with van der Waals surface area (Å²) < 4.78 is 5.64. The molecule has 1 rings (SSSR count). The van der Waals surface area contributed by atoms with Crippen LogP contribution in [0.5, 0.6) is 5.75 Å². The first-order valence-corrected chi connectivity index (χ1v) is 5.70. The Bertz CT molecular complexity index is 353. The van der Waals surface area contributed by atoms with E-state index in [0.717, 1.165) is 5.75 Å². The molecule has 94 valence electrons. The number of benzene rings is 1. The molecule has 0 heterocycles. The van der Waals surface area contributed by atoms with Gasteiger partial charge < -0.3 is 15.6 Å². The quantitative estimate of drug-likeness (QED) is 0.792. The van der Waals surface area contributed by atoms with Crippen LogP contribution in [0.1, 0.15) is 20.3 Å². The number of carbonyl (C=O) groups is 1. The van der Waals surface area contributed by atoms with E-state index in [1.54, 1.807) is 6.92 Å². The summed E-state index contributed by atoms with van der Waals surface area (Å²) in [6.07, 6.45) is 0.414. The summed E-state index contributed by atoms with van der Waals surface area (Å²) in [5.41, 5.74) is 5.81. The molecule has 1 aromatic rings. The number of hydrogen-bond donors (Lipinski definition) is 2. The summed E-state index contributed by atoms with van der Waals surface area (Å²) in [4.78, 5) is 10.8. The van der Waals surface area contributed by atoms with Crippen molar-refractivity contribution in [3.63, 3.8) is 0 Å². The summed E-state index contributed by atoms with van der Waals surface area (Å²) in [7, 11) is 0. The van der Waals surface area contributed by atoms with E-state index in [-0.39, 0.29) is 6.10 Å². The van der Waals surface area contributed by atoms with Crippen molar-refractivity contribution in [2.24, 2.45) is 11.7 Å². The molecular weight excluding hydrogens is 218 g/mol. The first kappa shape index (κ1) is 13.5. The van der Waals surface area contributed by atoms with Crippen LogP contribution in [0.15, 0.2) is 30.3 Å². The van der Waals surface area contributed by atoms with Gasteiger partial charge in [-0.25, -0.2) is 0 Å². The molecule has 0 saturated carbocycles. The predicted octanol–water partition coefficient (Wildman–Crippen LogP) is 1.89. The molecule has 4 heteroatoms. The van der Waals surface area contributed by atoms with Gasteiger partial charge in [0.1, 0.15) is 5.75 Å². The average Bonchev–Trinajstić information content (AvgIpc) is 2.28. The minimum Gasteiger partial charge on any atom is -0.491 e. The zero-order chi connectivity index (χ0) is 12.8. The lowest BCUT2D eigenvalue weighted by Crippen LogP contribution is -2.37. The van der Waals surface area contributed by atoms with E-state index in [1.165, 1.54) is 0 Å². The first-order chi connectivity index (χ1) is 8.00. The molecule has 3 unspecified atom stereocenters. The van der Waals surface area contributed by atoms with Gasteiger partial charge in [-0.3, -0.25) is 4.79 Å². The SMILES string of the molecule is CC(CC(N)C(C)C(=O)O)Oc1ccccc1. The van der Waals surface area contributed by atoms with E-state index in [4.69, 9.17) is 15.6 Å². The molecule has 0 saturated heterocycles. The fraction of sp³-hybridized carbons (Fsp3) is 0.462. The number of aliphatic carboxylic acids is 1. The summed E-state index contributed by atoms with van der Waals surface area (Å²) >= 11 is 0. The van der Waals surface area contributed by atoms with E-state index in [2.05, 4.69) is 0 Å². The second-order valence-electron chi connectivity index (χ2n) is 4.27. The van der Waals surface area contributed by atoms with Crippen LogP contribution >= 0.6 is 0 Å². The van der Waals surface area contributed by atoms with Gasteiger partial charge in [-0.2, -0.15) is 0 Å². The Kier molecular flexibility index (Phi) is 4.97. The van der Waals surface area contributed by atoms with Crippen molar-refractivity contribution in [2.75, 3.05) is 0 Å². The van der Waals surface area contributed by atoms with Gasteiger partial charge in [0.25, 0.3) is 0 Å². The molecular formula is C13H19NO3. The van der Waals surface area contributed by atoms with E-state index >= 15 is 0 Å². The normalized spacial score (nSPS) is 15.9. The van der Waals surface area contributed by atoms with Crippen LogP contribution in [0.4, 0.5) is 0 Å². The predicted molar refractivity (Wildman–Crippen MR) is 65.9 cm³/mol. The molecule has 3 N–H and O–H groups in total. The molecule has 0 aliphatic carbocycles. The zero-order valence-corrected chi connectivity index (χ0v) is 10.2. The number of ether oxygens (including phenoxy) is 1. The number of hydrogen-bond acceptors (Lipinski definition) is 3. The minimum absolute atomic E-state index is 0.103. The number of carboxylic acids is 1. The van der Waals surface area contributed by atoms with Gasteiger partial charge in [0.2, 0.25) is 0 Å². The molecule has 1 aromatic carbocycles. The summed E-state index contributed by atoms with van der Waals surface area (Å²) in [6, 6.07) is 9.02. The van der Waals surface area contributed by atoms with Crippen molar-refractivity contribution >= 4 is 5.97 Å². The highest BCUT2D eigenvalue weighted by Crippen LogP contribution is 2.15. The smallest absolute Gasteiger partial charge is 0.307 e. The van der Waals surface area contributed by atoms with Gasteiger partial charge >= 0.3 is 5.97 Å². The Morgan fingerprint density at radius 3 is 2.47 bits per heavy atom. The van der Waals surface area contributed by atoms with Crippen molar-refractivity contribution < 1.29 is 14.6 Å². The van der Waals surface area contributed by atoms with Crippen LogP contribution in [-0.4, -0.2) is 23.2 Å². The third kappa shape index (κ3) is 4.44. The topological polar surface area (TPSA) is 72.6 Å². The Morgan fingerprint density at radius 2 is 1.94 bits per heavy atom. The monoisotopic (exact) mass is 237 g/mol. The van der Waals surface area contributed by atoms with Crippen LogP contribution in [0.25, 0.3) is 0 Å². The third-order valence-electron chi connectivity index (χ3n) is 2.72. The van der Waals surface area contributed by atoms with Crippen molar-refractivity contribution in [2.45, 2.75) is 32.4 Å². The van der Waals surface area contributed by atoms with E-state index in [1.807, 2.05) is 37.3 Å². The first-order valence-electron chi connectivity index (χ1n) is 5.70. The Hall–Kier alpha value is -1.55. The summed E-state index contributed by atoms with van der Waals surface area (Å²) in [5, 5.41) is 8.83. The largest absolute Gasteiger partial charge is 0.491 e. The van der Waals surface area contributed by atoms with Crippen molar-refractivity contribution in [1.29, 1.82) is 0 Å². The molecule has 0 spiro atoms. The molecule has 3 atom stereocenters. The number of nitrogens with two attached hydrogens (primary N) is 1. The highest BCUT2D eigenvalue weighted by molar-refractivity contribution is 5.70. The molecule has 0 bridgehead atoms. The fourth-order valence-corrected chi connectivity index (χ4v) is 1.55. The highest BCUT2D eigenvalue weighted by Gasteiger charge is 2.22. The second-order valence-corrected chi connectivity index (χ2v) is 4.27. The van der Waals surface area contributed by atoms with E-state index in [0.29, 0.717) is 6.42 Å². The van der Waals surface area contributed by atoms with Gasteiger partial charge in [0, 0.05) is 6.04 Å². The minimum atomic E-state index is -0.871. The number of para-hydroxylation sites is 1. The molecule has 0 fully saturated rings. The Labute approximate surface area is 101 Å². The van der Waals surface area contributed by atoms with Gasteiger partial charge in [-0.1, -0.05) is 25.1 Å². The highest BCUT2D eigenvalue weighted by atomic mass is 16.5. The van der Waals surface area contributed by atoms with Crippen LogP contribution in [0.3, 0.4) is 0 Å². The summed E-state index contributed by atoms with van der Waals surface area (Å²) in [6.45, 7) is 3.50. The van der Waals surface area contributed by atoms with Crippen molar-refractivity contribution in [3.05, 3.63) is 30.3 Å². The molecule has 0 radical (unpaired) electrons. The summed E-state index contributed by atoms with van der Waals surface area (Å²) in [5.74, 6) is -0.656. The zero-order valence-electron chi connectivity index (χ0n) is 10.2. The molecule has 17 heavy (non-hydrogen) atoms. The molecule has 0 aromatic heterocycles. The van der Waals surface area contributed by atoms with Crippen molar-refractivity contribution in [3.8, 4) is 5.75 Å². The van der Waals surface area contributed by atoms with Crippen LogP contribution < -0.4 is 10.5 Å². The third-order valence-corrected chi connectivity index (χ3v) is 2.72. The van der Waals surface area contributed by atoms with Crippen LogP contribution in [-0.2, 0) is 4.79 Å². The fourth-order valence-electron chi connectivity index (χ4n) is 1.55. The van der Waals surface area contributed by atoms with Crippen LogP contribution in [0.2, 0.25) is 0 Å². The lowest BCUT2D eigenvalue weighted by atomic mass is 9.98. The van der Waals surface area contributed by atoms with Gasteiger partial charge in [-0.15, -0.1) is 0 Å². The second kappa shape index (κ2) is 6.25. The molecule has 0 aliphatic heterocycles. The van der Waals surface area contributed by atoms with Gasteiger partial charge in [-0.05, 0) is 25.5 Å². The maximum Gasteiger partial charge on any atom is 0.307 e. The Morgan fingerprint density at radius 1 is 1.35 bits per heavy atom. The molecule has 4 nitrogen and oxygen atoms in total. The van der Waals surface area contributed by atoms with E-state index in [9.17, 15) is 4.79 Å². The maximum absolute atomic E-state index is 10.8. The molecule has 0 amide bonds. The number of carboxylic acid groups (broad SMARTS) is 1. The van der Waals surface area contributed by atoms with Gasteiger partial charge in [0.15, 0.2) is 0 Å². The lowest BCUT2D eigenvalue weighted by molar-refractivity contribution is -0.141. The van der Waals surface area contributed by atoms with Gasteiger partial charge in [0.05, 0.1) is 12.0 Å². The average molecular weight is 237 g/mol. The maximum atomic E-state index is 10.8.